The molecule has 0 saturated carbocycles. The van der Waals surface area contributed by atoms with E-state index in [9.17, 15) is 9.59 Å². The second-order valence-corrected chi connectivity index (χ2v) is 8.65. The lowest BCUT2D eigenvalue weighted by Gasteiger charge is -2.09. The number of nitrogens with one attached hydrogen (secondary N) is 2. The van der Waals surface area contributed by atoms with E-state index < -0.39 is 0 Å². The first-order valence-corrected chi connectivity index (χ1v) is 11.4. The molecule has 0 atom stereocenters. The van der Waals surface area contributed by atoms with E-state index in [1.165, 1.54) is 11.8 Å². The van der Waals surface area contributed by atoms with Gasteiger partial charge in [-0.15, -0.1) is 16.8 Å². The van der Waals surface area contributed by atoms with Crippen LogP contribution in [0.25, 0.3) is 0 Å². The molecule has 2 amide bonds. The number of rotatable bonds is 9. The molecule has 0 radical (unpaired) electrons. The Morgan fingerprint density at radius 1 is 1.09 bits per heavy atom. The summed E-state index contributed by atoms with van der Waals surface area (Å²) in [5, 5.41) is 15.6. The van der Waals surface area contributed by atoms with E-state index in [0.717, 1.165) is 0 Å². The summed E-state index contributed by atoms with van der Waals surface area (Å²) in [5.41, 5.74) is 0.989. The van der Waals surface area contributed by atoms with Crippen molar-refractivity contribution in [2.75, 3.05) is 11.1 Å². The number of hydrogen-bond donors (Lipinski definition) is 2. The average molecular weight is 511 g/mol. The van der Waals surface area contributed by atoms with Gasteiger partial charge >= 0.3 is 0 Å². The van der Waals surface area contributed by atoms with Gasteiger partial charge < -0.3 is 15.2 Å². The number of benzene rings is 2. The minimum absolute atomic E-state index is 0.102. The number of anilines is 1. The fourth-order valence-corrected chi connectivity index (χ4v) is 3.92. The van der Waals surface area contributed by atoms with E-state index in [4.69, 9.17) is 34.8 Å². The van der Waals surface area contributed by atoms with Crippen molar-refractivity contribution in [3.8, 4) is 0 Å². The molecule has 0 fully saturated rings. The monoisotopic (exact) mass is 509 g/mol. The normalized spacial score (nSPS) is 10.6. The van der Waals surface area contributed by atoms with Gasteiger partial charge in [-0.25, -0.2) is 0 Å². The molecule has 2 aromatic carbocycles. The van der Waals surface area contributed by atoms with Crippen molar-refractivity contribution in [3.05, 3.63) is 81.6 Å². The summed E-state index contributed by atoms with van der Waals surface area (Å²) in [6.07, 6.45) is 1.69. The molecule has 32 heavy (non-hydrogen) atoms. The van der Waals surface area contributed by atoms with Gasteiger partial charge in [0, 0.05) is 22.8 Å². The van der Waals surface area contributed by atoms with Crippen molar-refractivity contribution < 1.29 is 9.59 Å². The first-order chi connectivity index (χ1) is 15.4. The SMILES string of the molecule is C=CCn1c(CNC(=O)c2cccc(Cl)c2)nnc1SCC(=O)Nc1ccc(Cl)c(Cl)c1. The highest BCUT2D eigenvalue weighted by Crippen LogP contribution is 2.25. The van der Waals surface area contributed by atoms with Gasteiger partial charge in [0.05, 0.1) is 22.3 Å². The first kappa shape index (κ1) is 24.1. The molecule has 0 saturated heterocycles. The minimum atomic E-state index is -0.282. The summed E-state index contributed by atoms with van der Waals surface area (Å²) in [7, 11) is 0. The number of thioether (sulfide) groups is 1. The molecule has 0 aliphatic carbocycles. The van der Waals surface area contributed by atoms with Crippen LogP contribution in [0, 0.1) is 0 Å². The van der Waals surface area contributed by atoms with Crippen LogP contribution in [0.5, 0.6) is 0 Å². The lowest BCUT2D eigenvalue weighted by Crippen LogP contribution is -2.24. The molecule has 3 aromatic rings. The van der Waals surface area contributed by atoms with Crippen LogP contribution in [0.4, 0.5) is 5.69 Å². The standard InChI is InChI=1S/C21H18Cl3N5O2S/c1-2-8-29-18(11-25-20(31)13-4-3-5-14(22)9-13)27-28-21(29)32-12-19(30)26-15-6-7-16(23)17(24)10-15/h2-7,9-10H,1,8,11-12H2,(H,25,31)(H,26,30). The molecule has 0 aliphatic rings. The highest BCUT2D eigenvalue weighted by molar-refractivity contribution is 7.99. The van der Waals surface area contributed by atoms with E-state index in [1.54, 1.807) is 53.1 Å². The van der Waals surface area contributed by atoms with Crippen molar-refractivity contribution in [3.63, 3.8) is 0 Å². The van der Waals surface area contributed by atoms with Gasteiger partial charge in [-0.2, -0.15) is 0 Å². The van der Waals surface area contributed by atoms with Crippen LogP contribution >= 0.6 is 46.6 Å². The molecule has 2 N–H and O–H groups in total. The van der Waals surface area contributed by atoms with E-state index in [-0.39, 0.29) is 24.1 Å². The van der Waals surface area contributed by atoms with E-state index in [2.05, 4.69) is 27.4 Å². The van der Waals surface area contributed by atoms with Crippen LogP contribution < -0.4 is 10.6 Å². The third-order valence-corrected chi connectivity index (χ3v) is 6.08. The Bertz CT molecular complexity index is 1150. The molecule has 11 heteroatoms. The third kappa shape index (κ3) is 6.49. The minimum Gasteiger partial charge on any atom is -0.345 e. The van der Waals surface area contributed by atoms with Crippen molar-refractivity contribution >= 4 is 64.1 Å². The van der Waals surface area contributed by atoms with Gasteiger partial charge in [0.1, 0.15) is 0 Å². The van der Waals surface area contributed by atoms with Crippen LogP contribution in [0.15, 0.2) is 60.3 Å². The van der Waals surface area contributed by atoms with Crippen LogP contribution in [0.3, 0.4) is 0 Å². The number of halogens is 3. The zero-order valence-corrected chi connectivity index (χ0v) is 19.7. The van der Waals surface area contributed by atoms with Crippen LogP contribution in [-0.4, -0.2) is 32.3 Å². The molecule has 0 unspecified atom stereocenters. The third-order valence-electron chi connectivity index (χ3n) is 4.13. The highest BCUT2D eigenvalue weighted by Gasteiger charge is 2.15. The number of allylic oxidation sites excluding steroid dienone is 1. The number of amides is 2. The second-order valence-electron chi connectivity index (χ2n) is 6.46. The zero-order valence-electron chi connectivity index (χ0n) is 16.6. The lowest BCUT2D eigenvalue weighted by atomic mass is 10.2. The van der Waals surface area contributed by atoms with Gasteiger partial charge in [0.15, 0.2) is 11.0 Å². The second kappa shape index (κ2) is 11.4. The first-order valence-electron chi connectivity index (χ1n) is 9.32. The smallest absolute Gasteiger partial charge is 0.251 e. The molecule has 0 bridgehead atoms. The predicted molar refractivity (Wildman–Crippen MR) is 129 cm³/mol. The van der Waals surface area contributed by atoms with Gasteiger partial charge in [-0.3, -0.25) is 9.59 Å². The Labute approximate surface area is 204 Å². The van der Waals surface area contributed by atoms with Gasteiger partial charge in [0.2, 0.25) is 5.91 Å². The molecule has 0 spiro atoms. The van der Waals surface area contributed by atoms with Gasteiger partial charge in [-0.05, 0) is 36.4 Å². The zero-order chi connectivity index (χ0) is 23.1. The Morgan fingerprint density at radius 3 is 2.62 bits per heavy atom. The van der Waals surface area contributed by atoms with Crippen LogP contribution in [-0.2, 0) is 17.9 Å². The van der Waals surface area contributed by atoms with E-state index in [1.807, 2.05) is 0 Å². The quantitative estimate of drug-likeness (QED) is 0.309. The van der Waals surface area contributed by atoms with Crippen LogP contribution in [0.1, 0.15) is 16.2 Å². The molecule has 166 valence electrons. The van der Waals surface area contributed by atoms with Crippen molar-refractivity contribution in [1.29, 1.82) is 0 Å². The molecule has 1 aromatic heterocycles. The number of nitrogens with zero attached hydrogens (tertiary/aromatic N) is 3. The Morgan fingerprint density at radius 2 is 1.91 bits per heavy atom. The Balaban J connectivity index is 1.61. The summed E-state index contributed by atoms with van der Waals surface area (Å²) in [5.74, 6) is 0.116. The largest absolute Gasteiger partial charge is 0.345 e. The van der Waals surface area contributed by atoms with Crippen LogP contribution in [0.2, 0.25) is 15.1 Å². The van der Waals surface area contributed by atoms with Crippen molar-refractivity contribution in [1.82, 2.24) is 20.1 Å². The highest BCUT2D eigenvalue weighted by atomic mass is 35.5. The number of carbonyl (C=O) groups excluding carboxylic acids is 2. The molecule has 1 heterocycles. The maximum Gasteiger partial charge on any atom is 0.251 e. The maximum absolute atomic E-state index is 12.4. The summed E-state index contributed by atoms with van der Waals surface area (Å²) < 4.78 is 1.78. The van der Waals surface area contributed by atoms with Crippen molar-refractivity contribution in [2.24, 2.45) is 0 Å². The fraction of sp³-hybridized carbons (Fsp3) is 0.143. The van der Waals surface area contributed by atoms with Crippen molar-refractivity contribution in [2.45, 2.75) is 18.2 Å². The number of carbonyl (C=O) groups is 2. The topological polar surface area (TPSA) is 88.9 Å². The fourth-order valence-electron chi connectivity index (χ4n) is 2.66. The molecule has 0 aliphatic heterocycles. The van der Waals surface area contributed by atoms with Gasteiger partial charge in [0.25, 0.3) is 5.91 Å². The summed E-state index contributed by atoms with van der Waals surface area (Å²) in [6, 6.07) is 11.5. The lowest BCUT2D eigenvalue weighted by molar-refractivity contribution is -0.113. The summed E-state index contributed by atoms with van der Waals surface area (Å²) in [6.45, 7) is 4.32. The number of hydrogen-bond acceptors (Lipinski definition) is 5. The molecule has 3 rings (SSSR count). The van der Waals surface area contributed by atoms with Gasteiger partial charge in [-0.1, -0.05) is 58.7 Å². The Hall–Kier alpha value is -2.52. The number of aromatic nitrogens is 3. The Kier molecular flexibility index (Phi) is 8.58. The average Bonchev–Trinajstić information content (AvgIpc) is 3.15. The molecular weight excluding hydrogens is 493 g/mol. The van der Waals surface area contributed by atoms with E-state index >= 15 is 0 Å². The molecular formula is C21H18Cl3N5O2S. The van der Waals surface area contributed by atoms with E-state index in [0.29, 0.717) is 43.8 Å². The molecule has 7 nitrogen and oxygen atoms in total. The maximum atomic E-state index is 12.4. The summed E-state index contributed by atoms with van der Waals surface area (Å²) in [4.78, 5) is 24.7. The summed E-state index contributed by atoms with van der Waals surface area (Å²) >= 11 is 19.0. The predicted octanol–water partition coefficient (Wildman–Crippen LogP) is 5.09.